The van der Waals surface area contributed by atoms with Crippen molar-refractivity contribution in [2.24, 2.45) is 0 Å². The number of rotatable bonds is 5. The van der Waals surface area contributed by atoms with E-state index >= 15 is 0 Å². The fourth-order valence-electron chi connectivity index (χ4n) is 3.22. The second kappa shape index (κ2) is 6.90. The minimum Gasteiger partial charge on any atom is -0.457 e. The van der Waals surface area contributed by atoms with Gasteiger partial charge in [0.05, 0.1) is 6.04 Å². The number of para-hydroxylation sites is 1. The molecule has 0 N–H and O–H groups in total. The summed E-state index contributed by atoms with van der Waals surface area (Å²) in [4.78, 5) is 2.52. The molecule has 4 rings (SSSR count). The number of hydrogen-bond acceptors (Lipinski definition) is 2. The number of benzene rings is 3. The monoisotopic (exact) mass is 315 g/mol. The minimum atomic E-state index is 0.305. The third kappa shape index (κ3) is 3.19. The molecule has 2 heteroatoms. The van der Waals surface area contributed by atoms with Gasteiger partial charge in [0.25, 0.3) is 0 Å². The Kier molecular flexibility index (Phi) is 4.30. The van der Waals surface area contributed by atoms with Gasteiger partial charge in [0.1, 0.15) is 11.5 Å². The lowest BCUT2D eigenvalue weighted by molar-refractivity contribution is 0.140. The molecule has 0 spiro atoms. The molecule has 3 aromatic rings. The zero-order valence-corrected chi connectivity index (χ0v) is 13.6. The topological polar surface area (TPSA) is 12.5 Å². The average molecular weight is 315 g/mol. The molecular weight excluding hydrogens is 294 g/mol. The number of likely N-dealkylation sites (tertiary alicyclic amines) is 1. The van der Waals surface area contributed by atoms with Gasteiger partial charge in [0.2, 0.25) is 0 Å². The van der Waals surface area contributed by atoms with Crippen molar-refractivity contribution >= 4 is 0 Å². The van der Waals surface area contributed by atoms with Crippen molar-refractivity contribution in [3.8, 4) is 11.5 Å². The summed E-state index contributed by atoms with van der Waals surface area (Å²) in [6.45, 7) is 2.31. The summed E-state index contributed by atoms with van der Waals surface area (Å²) in [6, 6.07) is 29.5. The lowest BCUT2D eigenvalue weighted by Gasteiger charge is -2.39. The van der Waals surface area contributed by atoms with Crippen LogP contribution in [-0.2, 0) is 0 Å². The van der Waals surface area contributed by atoms with Gasteiger partial charge >= 0.3 is 0 Å². The first-order valence-electron chi connectivity index (χ1n) is 8.52. The zero-order chi connectivity index (χ0) is 16.2. The van der Waals surface area contributed by atoms with E-state index in [0.717, 1.165) is 24.6 Å². The number of nitrogens with zero attached hydrogens (tertiary/aromatic N) is 1. The van der Waals surface area contributed by atoms with Gasteiger partial charge in [-0.2, -0.15) is 0 Å². The van der Waals surface area contributed by atoms with Crippen LogP contribution in [-0.4, -0.2) is 18.0 Å². The maximum absolute atomic E-state index is 6.02. The van der Waals surface area contributed by atoms with E-state index in [2.05, 4.69) is 53.4 Å². The summed E-state index contributed by atoms with van der Waals surface area (Å²) in [5.41, 5.74) is 2.63. The van der Waals surface area contributed by atoms with E-state index in [4.69, 9.17) is 4.74 Å². The molecule has 0 aromatic heterocycles. The molecule has 0 saturated carbocycles. The van der Waals surface area contributed by atoms with Crippen LogP contribution in [0, 0.1) is 0 Å². The summed E-state index contributed by atoms with van der Waals surface area (Å²) in [7, 11) is 0. The highest BCUT2D eigenvalue weighted by atomic mass is 16.5. The molecule has 1 atom stereocenters. The van der Waals surface area contributed by atoms with E-state index in [1.165, 1.54) is 17.5 Å². The lowest BCUT2D eigenvalue weighted by atomic mass is 9.94. The van der Waals surface area contributed by atoms with Crippen molar-refractivity contribution in [1.29, 1.82) is 0 Å². The van der Waals surface area contributed by atoms with Gasteiger partial charge < -0.3 is 4.74 Å². The van der Waals surface area contributed by atoms with Crippen LogP contribution in [0.2, 0.25) is 0 Å². The smallest absolute Gasteiger partial charge is 0.127 e. The molecule has 1 fully saturated rings. The van der Waals surface area contributed by atoms with Crippen molar-refractivity contribution in [2.75, 3.05) is 13.1 Å². The van der Waals surface area contributed by atoms with Gasteiger partial charge in [-0.05, 0) is 41.8 Å². The van der Waals surface area contributed by atoms with Crippen LogP contribution in [0.15, 0.2) is 84.9 Å². The molecule has 1 unspecified atom stereocenters. The first-order valence-corrected chi connectivity index (χ1v) is 8.52. The molecule has 0 aliphatic carbocycles. The van der Waals surface area contributed by atoms with Gasteiger partial charge in [0.15, 0.2) is 0 Å². The first-order chi connectivity index (χ1) is 11.9. The third-order valence-electron chi connectivity index (χ3n) is 4.52. The van der Waals surface area contributed by atoms with E-state index in [1.54, 1.807) is 0 Å². The van der Waals surface area contributed by atoms with E-state index in [9.17, 15) is 0 Å². The molecule has 0 amide bonds. The molecule has 0 radical (unpaired) electrons. The largest absolute Gasteiger partial charge is 0.457 e. The average Bonchev–Trinajstić information content (AvgIpc) is 2.60. The molecule has 1 heterocycles. The molecular formula is C22H21NO. The van der Waals surface area contributed by atoms with Crippen LogP contribution in [0.4, 0.5) is 0 Å². The second-order valence-corrected chi connectivity index (χ2v) is 6.19. The Hall–Kier alpha value is -2.58. The Morgan fingerprint density at radius 1 is 0.667 bits per heavy atom. The van der Waals surface area contributed by atoms with Crippen LogP contribution >= 0.6 is 0 Å². The van der Waals surface area contributed by atoms with Crippen molar-refractivity contribution in [1.82, 2.24) is 4.90 Å². The standard InChI is InChI=1S/C22H21NO/c1-3-9-18(10-4-1)22(23-15-8-16-23)19-11-7-14-21(17-19)24-20-12-5-2-6-13-20/h1-7,9-14,17,22H,8,15-16H2. The van der Waals surface area contributed by atoms with Gasteiger partial charge in [-0.1, -0.05) is 60.7 Å². The zero-order valence-electron chi connectivity index (χ0n) is 13.6. The molecule has 2 nitrogen and oxygen atoms in total. The Morgan fingerprint density at radius 2 is 1.29 bits per heavy atom. The molecule has 0 bridgehead atoms. The highest BCUT2D eigenvalue weighted by Gasteiger charge is 2.26. The van der Waals surface area contributed by atoms with Crippen LogP contribution in [0.1, 0.15) is 23.6 Å². The van der Waals surface area contributed by atoms with Gasteiger partial charge in [-0.3, -0.25) is 4.90 Å². The molecule has 1 saturated heterocycles. The summed E-state index contributed by atoms with van der Waals surface area (Å²) in [6.07, 6.45) is 1.28. The highest BCUT2D eigenvalue weighted by molar-refractivity contribution is 5.39. The Morgan fingerprint density at radius 3 is 1.96 bits per heavy atom. The van der Waals surface area contributed by atoms with Crippen LogP contribution in [0.3, 0.4) is 0 Å². The maximum Gasteiger partial charge on any atom is 0.127 e. The van der Waals surface area contributed by atoms with Crippen molar-refractivity contribution in [3.63, 3.8) is 0 Å². The van der Waals surface area contributed by atoms with E-state index < -0.39 is 0 Å². The molecule has 120 valence electrons. The predicted molar refractivity (Wildman–Crippen MR) is 97.4 cm³/mol. The van der Waals surface area contributed by atoms with Crippen molar-refractivity contribution in [2.45, 2.75) is 12.5 Å². The van der Waals surface area contributed by atoms with Gasteiger partial charge in [0, 0.05) is 13.1 Å². The third-order valence-corrected chi connectivity index (χ3v) is 4.52. The molecule has 3 aromatic carbocycles. The fourth-order valence-corrected chi connectivity index (χ4v) is 3.22. The lowest BCUT2D eigenvalue weighted by Crippen LogP contribution is -2.40. The van der Waals surface area contributed by atoms with Crippen molar-refractivity contribution in [3.05, 3.63) is 96.1 Å². The summed E-state index contributed by atoms with van der Waals surface area (Å²) in [5.74, 6) is 1.76. The van der Waals surface area contributed by atoms with Crippen LogP contribution < -0.4 is 4.74 Å². The van der Waals surface area contributed by atoms with E-state index in [-0.39, 0.29) is 0 Å². The SMILES string of the molecule is c1ccc(Oc2cccc(C(c3ccccc3)N3CCC3)c2)cc1. The molecule has 24 heavy (non-hydrogen) atoms. The Labute approximate surface area is 143 Å². The fraction of sp³-hybridized carbons (Fsp3) is 0.182. The Bertz CT molecular complexity index is 781. The second-order valence-electron chi connectivity index (χ2n) is 6.19. The van der Waals surface area contributed by atoms with E-state index in [1.807, 2.05) is 36.4 Å². The van der Waals surface area contributed by atoms with Gasteiger partial charge in [-0.25, -0.2) is 0 Å². The Balaban J connectivity index is 1.65. The van der Waals surface area contributed by atoms with E-state index in [0.29, 0.717) is 6.04 Å². The summed E-state index contributed by atoms with van der Waals surface area (Å²) in [5, 5.41) is 0. The normalized spacial score (nSPS) is 15.5. The highest BCUT2D eigenvalue weighted by Crippen LogP contribution is 2.34. The molecule has 1 aliphatic rings. The summed E-state index contributed by atoms with van der Waals surface area (Å²) >= 11 is 0. The first kappa shape index (κ1) is 15.0. The number of hydrogen-bond donors (Lipinski definition) is 0. The van der Waals surface area contributed by atoms with Crippen molar-refractivity contribution < 1.29 is 4.74 Å². The predicted octanol–water partition coefficient (Wildman–Crippen LogP) is 5.27. The maximum atomic E-state index is 6.02. The summed E-state index contributed by atoms with van der Waals surface area (Å²) < 4.78 is 6.02. The van der Waals surface area contributed by atoms with Gasteiger partial charge in [-0.15, -0.1) is 0 Å². The number of ether oxygens (including phenoxy) is 1. The van der Waals surface area contributed by atoms with Crippen LogP contribution in [0.5, 0.6) is 11.5 Å². The quantitative estimate of drug-likeness (QED) is 0.635. The minimum absolute atomic E-state index is 0.305. The molecule has 1 aliphatic heterocycles. The van der Waals surface area contributed by atoms with Crippen LogP contribution in [0.25, 0.3) is 0 Å².